The third-order valence-corrected chi connectivity index (χ3v) is 4.58. The lowest BCUT2D eigenvalue weighted by atomic mass is 10.0. The van der Waals surface area contributed by atoms with Gasteiger partial charge in [0.15, 0.2) is 0 Å². The van der Waals surface area contributed by atoms with E-state index in [1.807, 2.05) is 32.0 Å². The highest BCUT2D eigenvalue weighted by atomic mass is 16.5. The summed E-state index contributed by atoms with van der Waals surface area (Å²) in [5, 5.41) is 12.3. The Bertz CT molecular complexity index is 668. The lowest BCUT2D eigenvalue weighted by Gasteiger charge is -2.17. The van der Waals surface area contributed by atoms with Gasteiger partial charge < -0.3 is 15.2 Å². The van der Waals surface area contributed by atoms with Crippen molar-refractivity contribution >= 4 is 5.97 Å². The zero-order valence-corrected chi connectivity index (χ0v) is 16.4. The number of carboxylic acid groups (broad SMARTS) is 1. The molecule has 0 spiro atoms. The van der Waals surface area contributed by atoms with Crippen molar-refractivity contribution in [2.75, 3.05) is 13.2 Å². The first kappa shape index (κ1) is 21.0. The Morgan fingerprint density at radius 2 is 1.59 bits per heavy atom. The molecule has 2 aromatic rings. The van der Waals surface area contributed by atoms with E-state index in [0.29, 0.717) is 13.2 Å². The molecule has 2 rings (SSSR count). The van der Waals surface area contributed by atoms with Gasteiger partial charge in [-0.15, -0.1) is 0 Å². The summed E-state index contributed by atoms with van der Waals surface area (Å²) in [6.45, 7) is 5.26. The van der Waals surface area contributed by atoms with Crippen LogP contribution in [0.3, 0.4) is 0 Å². The molecule has 0 radical (unpaired) electrons. The predicted molar refractivity (Wildman–Crippen MR) is 109 cm³/mol. The van der Waals surface area contributed by atoms with E-state index in [-0.39, 0.29) is 5.92 Å². The first-order valence-electron chi connectivity index (χ1n) is 9.78. The molecule has 2 aromatic carbocycles. The molecule has 0 fully saturated rings. The molecule has 146 valence electrons. The summed E-state index contributed by atoms with van der Waals surface area (Å²) in [5.41, 5.74) is 2.58. The van der Waals surface area contributed by atoms with Crippen molar-refractivity contribution in [2.24, 2.45) is 5.92 Å². The Kier molecular flexibility index (Phi) is 8.85. The average Bonchev–Trinajstić information content (AvgIpc) is 2.66. The van der Waals surface area contributed by atoms with Crippen LogP contribution in [0.25, 0.3) is 0 Å². The van der Waals surface area contributed by atoms with E-state index in [0.717, 1.165) is 31.4 Å². The van der Waals surface area contributed by atoms with Crippen molar-refractivity contribution in [3.63, 3.8) is 0 Å². The van der Waals surface area contributed by atoms with Crippen LogP contribution in [0, 0.1) is 5.92 Å². The van der Waals surface area contributed by atoms with E-state index in [2.05, 4.69) is 41.7 Å². The van der Waals surface area contributed by atoms with Crippen molar-refractivity contribution in [1.29, 1.82) is 0 Å². The number of aliphatic carboxylic acids is 1. The molecule has 1 atom stereocenters. The largest absolute Gasteiger partial charge is 0.494 e. The summed E-state index contributed by atoms with van der Waals surface area (Å²) >= 11 is 0. The lowest BCUT2D eigenvalue weighted by molar-refractivity contribution is -0.140. The molecule has 0 amide bonds. The lowest BCUT2D eigenvalue weighted by Crippen LogP contribution is -2.41. The number of nitrogens with one attached hydrogen (secondary N) is 1. The third-order valence-electron chi connectivity index (χ3n) is 4.58. The van der Waals surface area contributed by atoms with Crippen LogP contribution in [0.2, 0.25) is 0 Å². The number of ether oxygens (including phenoxy) is 1. The summed E-state index contributed by atoms with van der Waals surface area (Å²) < 4.78 is 5.81. The summed E-state index contributed by atoms with van der Waals surface area (Å²) in [5.74, 6) is 0.204. The van der Waals surface area contributed by atoms with Crippen LogP contribution in [0.5, 0.6) is 5.75 Å². The number of carboxylic acids is 1. The van der Waals surface area contributed by atoms with Gasteiger partial charge in [-0.1, -0.05) is 56.3 Å². The SMILES string of the molecule is CC(C)[C@H](NCCCc1ccc(OCCCc2ccccc2)cc1)C(=O)O. The minimum atomic E-state index is -0.779. The van der Waals surface area contributed by atoms with Crippen LogP contribution in [0.1, 0.15) is 37.8 Å². The summed E-state index contributed by atoms with van der Waals surface area (Å²) in [6, 6.07) is 18.2. The number of aryl methyl sites for hydroxylation is 2. The second kappa shape index (κ2) is 11.4. The van der Waals surface area contributed by atoms with E-state index in [4.69, 9.17) is 9.84 Å². The number of carbonyl (C=O) groups is 1. The van der Waals surface area contributed by atoms with Crippen molar-refractivity contribution in [3.05, 3.63) is 65.7 Å². The van der Waals surface area contributed by atoms with Crippen LogP contribution in [0.4, 0.5) is 0 Å². The van der Waals surface area contributed by atoms with Gasteiger partial charge >= 0.3 is 5.97 Å². The summed E-state index contributed by atoms with van der Waals surface area (Å²) in [7, 11) is 0. The molecule has 0 bridgehead atoms. The molecule has 0 unspecified atom stereocenters. The topological polar surface area (TPSA) is 58.6 Å². The third kappa shape index (κ3) is 7.83. The van der Waals surface area contributed by atoms with E-state index in [9.17, 15) is 4.79 Å². The molecule has 0 saturated heterocycles. The second-order valence-corrected chi connectivity index (χ2v) is 7.20. The second-order valence-electron chi connectivity index (χ2n) is 7.20. The van der Waals surface area contributed by atoms with Crippen molar-refractivity contribution in [1.82, 2.24) is 5.32 Å². The van der Waals surface area contributed by atoms with Gasteiger partial charge in [0.1, 0.15) is 11.8 Å². The Morgan fingerprint density at radius 3 is 2.22 bits per heavy atom. The first-order valence-corrected chi connectivity index (χ1v) is 9.78. The van der Waals surface area contributed by atoms with Gasteiger partial charge in [0, 0.05) is 0 Å². The van der Waals surface area contributed by atoms with E-state index >= 15 is 0 Å². The number of rotatable bonds is 12. The van der Waals surface area contributed by atoms with Gasteiger partial charge in [-0.3, -0.25) is 4.79 Å². The molecule has 4 heteroatoms. The quantitative estimate of drug-likeness (QED) is 0.547. The van der Waals surface area contributed by atoms with Crippen molar-refractivity contribution in [2.45, 2.75) is 45.6 Å². The van der Waals surface area contributed by atoms with Crippen LogP contribution >= 0.6 is 0 Å². The van der Waals surface area contributed by atoms with Crippen LogP contribution in [-0.2, 0) is 17.6 Å². The molecule has 2 N–H and O–H groups in total. The van der Waals surface area contributed by atoms with Crippen LogP contribution in [0.15, 0.2) is 54.6 Å². The molecule has 0 aromatic heterocycles. The maximum atomic E-state index is 11.2. The number of hydrogen-bond donors (Lipinski definition) is 2. The predicted octanol–water partition coefficient (Wildman–Crippen LogP) is 4.33. The van der Waals surface area contributed by atoms with Crippen molar-refractivity contribution in [3.8, 4) is 5.75 Å². The minimum Gasteiger partial charge on any atom is -0.494 e. The fraction of sp³-hybridized carbons (Fsp3) is 0.435. The Morgan fingerprint density at radius 1 is 0.963 bits per heavy atom. The van der Waals surface area contributed by atoms with Crippen LogP contribution < -0.4 is 10.1 Å². The van der Waals surface area contributed by atoms with Gasteiger partial charge in [-0.2, -0.15) is 0 Å². The van der Waals surface area contributed by atoms with Gasteiger partial charge in [0.25, 0.3) is 0 Å². The molecule has 0 aliphatic carbocycles. The molecule has 0 aliphatic rings. The molecule has 0 saturated carbocycles. The monoisotopic (exact) mass is 369 g/mol. The molecular weight excluding hydrogens is 338 g/mol. The van der Waals surface area contributed by atoms with E-state index in [1.165, 1.54) is 11.1 Å². The zero-order chi connectivity index (χ0) is 19.5. The van der Waals surface area contributed by atoms with Gasteiger partial charge in [-0.25, -0.2) is 0 Å². The number of benzene rings is 2. The summed E-state index contributed by atoms with van der Waals surface area (Å²) in [4.78, 5) is 11.2. The first-order chi connectivity index (χ1) is 13.1. The Balaban J connectivity index is 1.64. The Labute approximate surface area is 162 Å². The fourth-order valence-corrected chi connectivity index (χ4v) is 3.02. The summed E-state index contributed by atoms with van der Waals surface area (Å²) in [6.07, 6.45) is 3.86. The molecule has 0 aliphatic heterocycles. The number of hydrogen-bond acceptors (Lipinski definition) is 3. The highest BCUT2D eigenvalue weighted by Gasteiger charge is 2.19. The maximum Gasteiger partial charge on any atom is 0.320 e. The molecular formula is C23H31NO3. The highest BCUT2D eigenvalue weighted by Crippen LogP contribution is 2.14. The maximum absolute atomic E-state index is 11.2. The van der Waals surface area contributed by atoms with Gasteiger partial charge in [0.2, 0.25) is 0 Å². The van der Waals surface area contributed by atoms with Crippen molar-refractivity contribution < 1.29 is 14.6 Å². The molecule has 4 nitrogen and oxygen atoms in total. The normalized spacial score (nSPS) is 12.1. The standard InChI is InChI=1S/C23H31NO3/c1-18(2)22(23(25)26)24-16-6-10-20-12-14-21(15-13-20)27-17-7-11-19-8-4-3-5-9-19/h3-5,8-9,12-15,18,22,24H,6-7,10-11,16-17H2,1-2H3,(H,25,26)/t22-/m0/s1. The Hall–Kier alpha value is -2.33. The fourth-order valence-electron chi connectivity index (χ4n) is 3.02. The van der Waals surface area contributed by atoms with E-state index in [1.54, 1.807) is 0 Å². The van der Waals surface area contributed by atoms with E-state index < -0.39 is 12.0 Å². The van der Waals surface area contributed by atoms with Gasteiger partial charge in [-0.05, 0) is 61.4 Å². The minimum absolute atomic E-state index is 0.0841. The smallest absolute Gasteiger partial charge is 0.320 e. The van der Waals surface area contributed by atoms with Crippen LogP contribution in [-0.4, -0.2) is 30.3 Å². The zero-order valence-electron chi connectivity index (χ0n) is 16.4. The molecule has 27 heavy (non-hydrogen) atoms. The average molecular weight is 370 g/mol. The highest BCUT2D eigenvalue weighted by molar-refractivity contribution is 5.73. The van der Waals surface area contributed by atoms with Gasteiger partial charge in [0.05, 0.1) is 6.61 Å². The molecule has 0 heterocycles.